The lowest BCUT2D eigenvalue weighted by Crippen LogP contribution is -2.17. The van der Waals surface area contributed by atoms with E-state index >= 15 is 0 Å². The van der Waals surface area contributed by atoms with Gasteiger partial charge in [0.05, 0.1) is 10.6 Å². The molecule has 0 aromatic heterocycles. The third-order valence-corrected chi connectivity index (χ3v) is 2.86. The van der Waals surface area contributed by atoms with Crippen LogP contribution in [-0.4, -0.2) is 17.9 Å². The SMILES string of the molecule is CN1Cc2cc(Br)cc(Cl)c2C1=O. The first-order chi connectivity index (χ1) is 6.09. The van der Waals surface area contributed by atoms with Crippen molar-refractivity contribution >= 4 is 33.4 Å². The molecule has 68 valence electrons. The van der Waals surface area contributed by atoms with Crippen molar-refractivity contribution in [1.82, 2.24) is 4.90 Å². The Labute approximate surface area is 89.6 Å². The molecular weight excluding hydrogens is 253 g/mol. The average Bonchev–Trinajstić information content (AvgIpc) is 2.27. The Kier molecular flexibility index (Phi) is 2.08. The molecule has 0 aliphatic carbocycles. The normalized spacial score (nSPS) is 15.0. The van der Waals surface area contributed by atoms with Crippen LogP contribution in [0.15, 0.2) is 16.6 Å². The highest BCUT2D eigenvalue weighted by molar-refractivity contribution is 9.10. The molecule has 2 rings (SSSR count). The Morgan fingerprint density at radius 1 is 1.54 bits per heavy atom. The van der Waals surface area contributed by atoms with E-state index in [0.29, 0.717) is 17.1 Å². The fourth-order valence-electron chi connectivity index (χ4n) is 1.51. The van der Waals surface area contributed by atoms with E-state index in [4.69, 9.17) is 11.6 Å². The number of nitrogens with zero attached hydrogens (tertiary/aromatic N) is 1. The minimum Gasteiger partial charge on any atom is -0.337 e. The molecule has 0 saturated heterocycles. The van der Waals surface area contributed by atoms with Crippen molar-refractivity contribution in [3.63, 3.8) is 0 Å². The summed E-state index contributed by atoms with van der Waals surface area (Å²) < 4.78 is 0.916. The van der Waals surface area contributed by atoms with Gasteiger partial charge in [0.1, 0.15) is 0 Å². The molecule has 0 bridgehead atoms. The van der Waals surface area contributed by atoms with E-state index in [2.05, 4.69) is 15.9 Å². The van der Waals surface area contributed by atoms with Crippen molar-refractivity contribution in [2.45, 2.75) is 6.54 Å². The molecule has 1 aromatic rings. The van der Waals surface area contributed by atoms with Crippen LogP contribution in [0.1, 0.15) is 15.9 Å². The van der Waals surface area contributed by atoms with Crippen molar-refractivity contribution < 1.29 is 4.79 Å². The molecule has 0 fully saturated rings. The highest BCUT2D eigenvalue weighted by atomic mass is 79.9. The number of fused-ring (bicyclic) bond motifs is 1. The minimum absolute atomic E-state index is 0.00694. The van der Waals surface area contributed by atoms with Gasteiger partial charge in [-0.3, -0.25) is 4.79 Å². The fourth-order valence-corrected chi connectivity index (χ4v) is 2.47. The Bertz CT molecular complexity index is 391. The lowest BCUT2D eigenvalue weighted by molar-refractivity contribution is 0.0816. The summed E-state index contributed by atoms with van der Waals surface area (Å²) in [5.74, 6) is 0.00694. The van der Waals surface area contributed by atoms with Gasteiger partial charge in [-0.25, -0.2) is 0 Å². The number of amides is 1. The molecule has 0 radical (unpaired) electrons. The summed E-state index contributed by atoms with van der Waals surface area (Å²) in [5, 5.41) is 0.527. The van der Waals surface area contributed by atoms with Gasteiger partial charge in [0.2, 0.25) is 0 Å². The van der Waals surface area contributed by atoms with Gasteiger partial charge < -0.3 is 4.90 Å². The van der Waals surface area contributed by atoms with Crippen LogP contribution in [0.2, 0.25) is 5.02 Å². The molecule has 0 atom stereocenters. The molecule has 4 heteroatoms. The quantitative estimate of drug-likeness (QED) is 0.702. The van der Waals surface area contributed by atoms with E-state index in [0.717, 1.165) is 10.0 Å². The average molecular weight is 261 g/mol. The van der Waals surface area contributed by atoms with Gasteiger partial charge in [0, 0.05) is 18.1 Å². The molecule has 1 aliphatic heterocycles. The summed E-state index contributed by atoms with van der Waals surface area (Å²) in [6, 6.07) is 3.68. The third-order valence-electron chi connectivity index (χ3n) is 2.10. The first-order valence-electron chi connectivity index (χ1n) is 3.83. The van der Waals surface area contributed by atoms with Gasteiger partial charge in [-0.2, -0.15) is 0 Å². The Morgan fingerprint density at radius 2 is 2.23 bits per heavy atom. The van der Waals surface area contributed by atoms with Crippen LogP contribution in [0.4, 0.5) is 0 Å². The van der Waals surface area contributed by atoms with E-state index in [1.807, 2.05) is 6.07 Å². The number of carbonyl (C=O) groups is 1. The van der Waals surface area contributed by atoms with Crippen molar-refractivity contribution in [1.29, 1.82) is 0 Å². The number of rotatable bonds is 0. The Morgan fingerprint density at radius 3 is 2.92 bits per heavy atom. The van der Waals surface area contributed by atoms with Crippen molar-refractivity contribution in [3.05, 3.63) is 32.8 Å². The largest absolute Gasteiger partial charge is 0.337 e. The zero-order chi connectivity index (χ0) is 9.59. The van der Waals surface area contributed by atoms with Crippen LogP contribution >= 0.6 is 27.5 Å². The smallest absolute Gasteiger partial charge is 0.255 e. The monoisotopic (exact) mass is 259 g/mol. The lowest BCUT2D eigenvalue weighted by Gasteiger charge is -2.04. The molecule has 1 amide bonds. The summed E-state index contributed by atoms with van der Waals surface area (Å²) in [4.78, 5) is 13.2. The van der Waals surface area contributed by atoms with E-state index in [1.54, 1.807) is 18.0 Å². The Balaban J connectivity index is 2.64. The second-order valence-electron chi connectivity index (χ2n) is 3.08. The zero-order valence-electron chi connectivity index (χ0n) is 6.97. The first kappa shape index (κ1) is 9.03. The predicted octanol–water partition coefficient (Wildman–Crippen LogP) is 2.69. The maximum absolute atomic E-state index is 11.6. The lowest BCUT2D eigenvalue weighted by atomic mass is 10.1. The van der Waals surface area contributed by atoms with Crippen molar-refractivity contribution in [2.75, 3.05) is 7.05 Å². The minimum atomic E-state index is 0.00694. The molecule has 0 spiro atoms. The summed E-state index contributed by atoms with van der Waals surface area (Å²) in [5.41, 5.74) is 1.64. The first-order valence-corrected chi connectivity index (χ1v) is 5.00. The maximum Gasteiger partial charge on any atom is 0.255 e. The van der Waals surface area contributed by atoms with Crippen LogP contribution in [-0.2, 0) is 6.54 Å². The molecule has 2 nitrogen and oxygen atoms in total. The number of carbonyl (C=O) groups excluding carboxylic acids is 1. The van der Waals surface area contributed by atoms with Crippen LogP contribution in [0.25, 0.3) is 0 Å². The zero-order valence-corrected chi connectivity index (χ0v) is 9.32. The van der Waals surface area contributed by atoms with Crippen LogP contribution < -0.4 is 0 Å². The van der Waals surface area contributed by atoms with Gasteiger partial charge >= 0.3 is 0 Å². The molecule has 1 heterocycles. The van der Waals surface area contributed by atoms with E-state index in [-0.39, 0.29) is 5.91 Å². The van der Waals surface area contributed by atoms with Gasteiger partial charge in [-0.1, -0.05) is 27.5 Å². The van der Waals surface area contributed by atoms with Crippen LogP contribution in [0.3, 0.4) is 0 Å². The standard InChI is InChI=1S/C9H7BrClNO/c1-12-4-5-2-6(10)3-7(11)8(5)9(12)13/h2-3H,4H2,1H3. The number of hydrogen-bond donors (Lipinski definition) is 0. The molecule has 0 unspecified atom stereocenters. The molecule has 1 aliphatic rings. The number of benzene rings is 1. The van der Waals surface area contributed by atoms with E-state index in [1.165, 1.54) is 0 Å². The third kappa shape index (κ3) is 1.36. The van der Waals surface area contributed by atoms with Gasteiger partial charge in [-0.05, 0) is 17.7 Å². The number of hydrogen-bond acceptors (Lipinski definition) is 1. The molecular formula is C9H7BrClNO. The summed E-state index contributed by atoms with van der Waals surface area (Å²) in [7, 11) is 1.77. The maximum atomic E-state index is 11.6. The van der Waals surface area contributed by atoms with Crippen molar-refractivity contribution in [2.24, 2.45) is 0 Å². The molecule has 0 N–H and O–H groups in total. The number of halogens is 2. The summed E-state index contributed by atoms with van der Waals surface area (Å²) >= 11 is 9.30. The second-order valence-corrected chi connectivity index (χ2v) is 4.41. The summed E-state index contributed by atoms with van der Waals surface area (Å²) in [6.45, 7) is 0.646. The molecule has 1 aromatic carbocycles. The topological polar surface area (TPSA) is 20.3 Å². The van der Waals surface area contributed by atoms with Gasteiger partial charge in [0.15, 0.2) is 0 Å². The van der Waals surface area contributed by atoms with Crippen LogP contribution in [0, 0.1) is 0 Å². The van der Waals surface area contributed by atoms with Gasteiger partial charge in [0.25, 0.3) is 5.91 Å². The Hall–Kier alpha value is -0.540. The fraction of sp³-hybridized carbons (Fsp3) is 0.222. The van der Waals surface area contributed by atoms with Crippen LogP contribution in [0.5, 0.6) is 0 Å². The predicted molar refractivity (Wildman–Crippen MR) is 54.9 cm³/mol. The summed E-state index contributed by atoms with van der Waals surface area (Å²) in [6.07, 6.45) is 0. The van der Waals surface area contributed by atoms with E-state index in [9.17, 15) is 4.79 Å². The highest BCUT2D eigenvalue weighted by Gasteiger charge is 2.27. The highest BCUT2D eigenvalue weighted by Crippen LogP contribution is 2.31. The second kappa shape index (κ2) is 3.00. The molecule has 0 saturated carbocycles. The van der Waals surface area contributed by atoms with Gasteiger partial charge in [-0.15, -0.1) is 0 Å². The van der Waals surface area contributed by atoms with E-state index < -0.39 is 0 Å². The van der Waals surface area contributed by atoms with Crippen molar-refractivity contribution in [3.8, 4) is 0 Å². The molecule has 13 heavy (non-hydrogen) atoms.